The Bertz CT molecular complexity index is 313. The average Bonchev–Trinajstić information content (AvgIpc) is 2.37. The molecular weight excluding hydrogens is 240 g/mol. The fourth-order valence-electron chi connectivity index (χ4n) is 3.21. The number of carbonyl (C=O) groups is 1. The van der Waals surface area contributed by atoms with Crippen LogP contribution in [0.3, 0.4) is 0 Å². The third-order valence-corrected chi connectivity index (χ3v) is 5.04. The second-order valence-electron chi connectivity index (χ2n) is 6.98. The van der Waals surface area contributed by atoms with Crippen molar-refractivity contribution in [1.82, 2.24) is 5.32 Å². The maximum Gasteiger partial charge on any atom is 0.232 e. The van der Waals surface area contributed by atoms with Gasteiger partial charge in [-0.2, -0.15) is 0 Å². The Morgan fingerprint density at radius 2 is 1.95 bits per heavy atom. The summed E-state index contributed by atoms with van der Waals surface area (Å²) in [4.78, 5) is 12.2. The zero-order chi connectivity index (χ0) is 13.9. The molecule has 0 radical (unpaired) electrons. The van der Waals surface area contributed by atoms with Gasteiger partial charge in [0.15, 0.2) is 0 Å². The van der Waals surface area contributed by atoms with Crippen LogP contribution in [0.2, 0.25) is 0 Å². The molecule has 0 unspecified atom stereocenters. The second-order valence-corrected chi connectivity index (χ2v) is 6.98. The van der Waals surface area contributed by atoms with E-state index in [-0.39, 0.29) is 11.3 Å². The van der Waals surface area contributed by atoms with Gasteiger partial charge >= 0.3 is 0 Å². The minimum atomic E-state index is -0.456. The number of ether oxygens (including phenoxy) is 1. The molecule has 110 valence electrons. The zero-order valence-electron chi connectivity index (χ0n) is 12.3. The van der Waals surface area contributed by atoms with Gasteiger partial charge in [-0.05, 0) is 24.2 Å². The van der Waals surface area contributed by atoms with E-state index in [4.69, 9.17) is 10.5 Å². The fourth-order valence-corrected chi connectivity index (χ4v) is 3.21. The van der Waals surface area contributed by atoms with Crippen LogP contribution in [0, 0.1) is 16.7 Å². The van der Waals surface area contributed by atoms with Crippen molar-refractivity contribution >= 4 is 5.91 Å². The Balaban J connectivity index is 1.84. The van der Waals surface area contributed by atoms with Crippen molar-refractivity contribution in [3.63, 3.8) is 0 Å². The summed E-state index contributed by atoms with van der Waals surface area (Å²) in [6, 6.07) is 0. The number of hydrogen-bond donors (Lipinski definition) is 2. The van der Waals surface area contributed by atoms with E-state index < -0.39 is 5.41 Å². The molecule has 1 aliphatic heterocycles. The highest BCUT2D eigenvalue weighted by Gasteiger charge is 2.45. The van der Waals surface area contributed by atoms with Crippen LogP contribution in [-0.2, 0) is 9.53 Å². The monoisotopic (exact) mass is 268 g/mol. The van der Waals surface area contributed by atoms with E-state index in [1.54, 1.807) is 0 Å². The lowest BCUT2D eigenvalue weighted by molar-refractivity contribution is -0.160. The van der Waals surface area contributed by atoms with Crippen LogP contribution >= 0.6 is 0 Å². The Morgan fingerprint density at radius 3 is 2.42 bits per heavy atom. The van der Waals surface area contributed by atoms with Gasteiger partial charge in [0.05, 0.1) is 13.2 Å². The average molecular weight is 268 g/mol. The molecule has 0 aromatic rings. The molecule has 0 aromatic carbocycles. The van der Waals surface area contributed by atoms with Gasteiger partial charge in [-0.1, -0.05) is 33.1 Å². The molecule has 1 heterocycles. The standard InChI is InChI=1S/C15H28N2O2/c1-14(2,12-6-4-3-5-7-12)9-17-13(18)15(8-16)10-19-11-15/h12H,3-11,16H2,1-2H3,(H,17,18). The van der Waals surface area contributed by atoms with Gasteiger partial charge in [-0.15, -0.1) is 0 Å². The molecule has 4 nitrogen and oxygen atoms in total. The summed E-state index contributed by atoms with van der Waals surface area (Å²) in [7, 11) is 0. The Hall–Kier alpha value is -0.610. The van der Waals surface area contributed by atoms with Crippen LogP contribution in [0.1, 0.15) is 46.0 Å². The van der Waals surface area contributed by atoms with E-state index in [1.165, 1.54) is 32.1 Å². The summed E-state index contributed by atoms with van der Waals surface area (Å²) in [5.74, 6) is 0.804. The van der Waals surface area contributed by atoms with Crippen LogP contribution in [-0.4, -0.2) is 32.2 Å². The smallest absolute Gasteiger partial charge is 0.232 e. The molecule has 2 rings (SSSR count). The summed E-state index contributed by atoms with van der Waals surface area (Å²) >= 11 is 0. The Labute approximate surface area is 116 Å². The first-order valence-corrected chi connectivity index (χ1v) is 7.56. The molecule has 0 spiro atoms. The van der Waals surface area contributed by atoms with Gasteiger partial charge in [0.1, 0.15) is 5.41 Å². The van der Waals surface area contributed by atoms with Crippen molar-refractivity contribution in [3.05, 3.63) is 0 Å². The first kappa shape index (κ1) is 14.8. The third kappa shape index (κ3) is 3.11. The number of nitrogens with two attached hydrogens (primary N) is 1. The van der Waals surface area contributed by atoms with E-state index in [1.807, 2.05) is 0 Å². The second kappa shape index (κ2) is 5.80. The molecule has 0 atom stereocenters. The molecule has 0 aromatic heterocycles. The number of carbonyl (C=O) groups excluding carboxylic acids is 1. The van der Waals surface area contributed by atoms with Gasteiger partial charge in [0.25, 0.3) is 0 Å². The first-order chi connectivity index (χ1) is 9.00. The normalized spacial score (nSPS) is 23.7. The van der Waals surface area contributed by atoms with Crippen LogP contribution in [0.5, 0.6) is 0 Å². The highest BCUT2D eigenvalue weighted by atomic mass is 16.5. The largest absolute Gasteiger partial charge is 0.379 e. The van der Waals surface area contributed by atoms with Crippen LogP contribution in [0.15, 0.2) is 0 Å². The summed E-state index contributed by atoms with van der Waals surface area (Å²) in [6.07, 6.45) is 6.64. The zero-order valence-corrected chi connectivity index (χ0v) is 12.3. The fraction of sp³-hybridized carbons (Fsp3) is 0.933. The number of amides is 1. The lowest BCUT2D eigenvalue weighted by Crippen LogP contribution is -2.59. The molecule has 1 amide bonds. The van der Waals surface area contributed by atoms with Gasteiger partial charge in [0, 0.05) is 13.1 Å². The van der Waals surface area contributed by atoms with Gasteiger partial charge in [0.2, 0.25) is 5.91 Å². The maximum atomic E-state index is 12.2. The van der Waals surface area contributed by atoms with Gasteiger partial charge in [-0.25, -0.2) is 0 Å². The Morgan fingerprint density at radius 1 is 1.32 bits per heavy atom. The predicted octanol–water partition coefficient (Wildman–Crippen LogP) is 1.68. The molecule has 1 saturated heterocycles. The van der Waals surface area contributed by atoms with E-state index in [9.17, 15) is 4.79 Å². The molecule has 1 saturated carbocycles. The third-order valence-electron chi connectivity index (χ3n) is 5.04. The minimum Gasteiger partial charge on any atom is -0.379 e. The van der Waals surface area contributed by atoms with E-state index in [0.29, 0.717) is 19.8 Å². The lowest BCUT2D eigenvalue weighted by atomic mass is 9.71. The SMILES string of the molecule is CC(C)(CNC(=O)C1(CN)COC1)C1CCCCC1. The number of nitrogens with one attached hydrogen (secondary N) is 1. The molecule has 1 aliphatic carbocycles. The van der Waals surface area contributed by atoms with Crippen molar-refractivity contribution in [2.75, 3.05) is 26.3 Å². The van der Waals surface area contributed by atoms with Crippen LogP contribution < -0.4 is 11.1 Å². The highest BCUT2D eigenvalue weighted by molar-refractivity contribution is 5.84. The van der Waals surface area contributed by atoms with Crippen molar-refractivity contribution < 1.29 is 9.53 Å². The predicted molar refractivity (Wildman–Crippen MR) is 75.7 cm³/mol. The summed E-state index contributed by atoms with van der Waals surface area (Å²) < 4.78 is 5.16. The van der Waals surface area contributed by atoms with Gasteiger partial charge in [-0.3, -0.25) is 4.79 Å². The van der Waals surface area contributed by atoms with Crippen molar-refractivity contribution in [3.8, 4) is 0 Å². The molecule has 2 fully saturated rings. The van der Waals surface area contributed by atoms with E-state index in [0.717, 1.165) is 12.5 Å². The lowest BCUT2D eigenvalue weighted by Gasteiger charge is -2.41. The van der Waals surface area contributed by atoms with Crippen molar-refractivity contribution in [1.29, 1.82) is 0 Å². The first-order valence-electron chi connectivity index (χ1n) is 7.56. The number of hydrogen-bond acceptors (Lipinski definition) is 3. The minimum absolute atomic E-state index is 0.0742. The number of rotatable bonds is 5. The molecule has 2 aliphatic rings. The summed E-state index contributed by atoms with van der Waals surface area (Å²) in [6.45, 7) is 6.62. The summed E-state index contributed by atoms with van der Waals surface area (Å²) in [5.41, 5.74) is 5.43. The van der Waals surface area contributed by atoms with Gasteiger partial charge < -0.3 is 15.8 Å². The Kier molecular flexibility index (Phi) is 4.51. The van der Waals surface area contributed by atoms with Crippen LogP contribution in [0.4, 0.5) is 0 Å². The maximum absolute atomic E-state index is 12.2. The summed E-state index contributed by atoms with van der Waals surface area (Å²) in [5, 5.41) is 3.11. The highest BCUT2D eigenvalue weighted by Crippen LogP contribution is 2.38. The topological polar surface area (TPSA) is 64.4 Å². The quantitative estimate of drug-likeness (QED) is 0.797. The van der Waals surface area contributed by atoms with Crippen molar-refractivity contribution in [2.45, 2.75) is 46.0 Å². The van der Waals surface area contributed by atoms with E-state index in [2.05, 4.69) is 19.2 Å². The molecule has 3 N–H and O–H groups in total. The molecular formula is C15H28N2O2. The molecule has 4 heteroatoms. The van der Waals surface area contributed by atoms with Crippen molar-refractivity contribution in [2.24, 2.45) is 22.5 Å². The van der Waals surface area contributed by atoms with E-state index >= 15 is 0 Å². The van der Waals surface area contributed by atoms with Crippen LogP contribution in [0.25, 0.3) is 0 Å². The molecule has 19 heavy (non-hydrogen) atoms. The molecule has 0 bridgehead atoms.